The summed E-state index contributed by atoms with van der Waals surface area (Å²) in [7, 11) is 0. The molecule has 0 bridgehead atoms. The van der Waals surface area contributed by atoms with Crippen LogP contribution in [0, 0.1) is 0 Å². The lowest BCUT2D eigenvalue weighted by atomic mass is 10.1. The van der Waals surface area contributed by atoms with Crippen LogP contribution in [0.15, 0.2) is 77.3 Å². The molecule has 0 saturated carbocycles. The van der Waals surface area contributed by atoms with Gasteiger partial charge in [-0.25, -0.2) is 0 Å². The number of carbonyl (C=O) groups is 1. The Hall–Kier alpha value is -2.83. The fourth-order valence-electron chi connectivity index (χ4n) is 3.92. The van der Waals surface area contributed by atoms with Crippen LogP contribution in [0.1, 0.15) is 28.4 Å². The molecule has 0 unspecified atom stereocenters. The molecule has 0 aromatic heterocycles. The first kappa shape index (κ1) is 23.3. The molecule has 1 fully saturated rings. The van der Waals surface area contributed by atoms with Gasteiger partial charge in [-0.2, -0.15) is 0 Å². The maximum atomic E-state index is 13.1. The molecule has 5 nitrogen and oxygen atoms in total. The summed E-state index contributed by atoms with van der Waals surface area (Å²) in [5.74, 6) is 1.68. The maximum Gasteiger partial charge on any atom is 0.253 e. The summed E-state index contributed by atoms with van der Waals surface area (Å²) >= 11 is 3.63. The van der Waals surface area contributed by atoms with E-state index in [9.17, 15) is 4.79 Å². The molecule has 33 heavy (non-hydrogen) atoms. The van der Waals surface area contributed by atoms with E-state index >= 15 is 0 Å². The molecular weight excluding hydrogens is 480 g/mol. The van der Waals surface area contributed by atoms with Crippen LogP contribution in [0.2, 0.25) is 0 Å². The van der Waals surface area contributed by atoms with E-state index in [0.29, 0.717) is 18.8 Å². The first-order chi connectivity index (χ1) is 16.1. The summed E-state index contributed by atoms with van der Waals surface area (Å²) in [4.78, 5) is 17.4. The Kier molecular flexibility index (Phi) is 8.02. The number of amides is 1. The Bertz CT molecular complexity index is 1060. The van der Waals surface area contributed by atoms with Gasteiger partial charge in [-0.15, -0.1) is 0 Å². The van der Waals surface area contributed by atoms with Gasteiger partial charge in [-0.3, -0.25) is 9.69 Å². The normalized spacial score (nSPS) is 14.2. The second-order valence-electron chi connectivity index (χ2n) is 8.05. The Morgan fingerprint density at radius 1 is 0.879 bits per heavy atom. The van der Waals surface area contributed by atoms with Gasteiger partial charge in [-0.1, -0.05) is 46.3 Å². The zero-order valence-electron chi connectivity index (χ0n) is 18.9. The van der Waals surface area contributed by atoms with Crippen molar-refractivity contribution in [3.8, 4) is 11.5 Å². The third-order valence-electron chi connectivity index (χ3n) is 5.73. The number of carbonyl (C=O) groups excluding carboxylic acids is 1. The van der Waals surface area contributed by atoms with Crippen molar-refractivity contribution in [2.24, 2.45) is 0 Å². The molecular formula is C27H29BrN2O3. The smallest absolute Gasteiger partial charge is 0.253 e. The Balaban J connectivity index is 1.30. The molecule has 172 valence electrons. The summed E-state index contributed by atoms with van der Waals surface area (Å²) in [6.07, 6.45) is 0. The molecule has 0 N–H and O–H groups in total. The summed E-state index contributed by atoms with van der Waals surface area (Å²) in [5, 5.41) is 0. The Morgan fingerprint density at radius 2 is 1.58 bits per heavy atom. The number of piperazine rings is 1. The number of ether oxygens (including phenoxy) is 2. The molecule has 1 aliphatic heterocycles. The predicted octanol–water partition coefficient (Wildman–Crippen LogP) is 5.38. The predicted molar refractivity (Wildman–Crippen MR) is 134 cm³/mol. The molecule has 0 atom stereocenters. The third kappa shape index (κ3) is 6.36. The molecule has 1 heterocycles. The van der Waals surface area contributed by atoms with Crippen molar-refractivity contribution in [2.45, 2.75) is 20.1 Å². The standard InChI is InChI=1S/C27H29BrN2O3/c1-2-32-24-10-12-25(13-11-24)33-20-21-6-5-8-22(18-21)27(31)30-16-14-29(15-17-30)19-23-7-3-4-9-26(23)28/h3-13,18H,2,14-17,19-20H2,1H3. The summed E-state index contributed by atoms with van der Waals surface area (Å²) in [5.41, 5.74) is 2.96. The average Bonchev–Trinajstić information content (AvgIpc) is 2.85. The van der Waals surface area contributed by atoms with Crippen molar-refractivity contribution in [1.82, 2.24) is 9.80 Å². The van der Waals surface area contributed by atoms with Crippen molar-refractivity contribution in [2.75, 3.05) is 32.8 Å². The van der Waals surface area contributed by atoms with Crippen LogP contribution in [0.25, 0.3) is 0 Å². The third-order valence-corrected chi connectivity index (χ3v) is 6.50. The molecule has 1 amide bonds. The molecule has 1 saturated heterocycles. The van der Waals surface area contributed by atoms with Crippen LogP contribution >= 0.6 is 15.9 Å². The number of hydrogen-bond donors (Lipinski definition) is 0. The summed E-state index contributed by atoms with van der Waals surface area (Å²) in [6, 6.07) is 23.6. The van der Waals surface area contributed by atoms with Gasteiger partial charge in [0.2, 0.25) is 0 Å². The zero-order chi connectivity index (χ0) is 23.0. The lowest BCUT2D eigenvalue weighted by Gasteiger charge is -2.35. The number of halogens is 1. The number of nitrogens with zero attached hydrogens (tertiary/aromatic N) is 2. The minimum Gasteiger partial charge on any atom is -0.494 e. The first-order valence-electron chi connectivity index (χ1n) is 11.3. The average molecular weight is 509 g/mol. The quantitative estimate of drug-likeness (QED) is 0.409. The number of rotatable bonds is 8. The highest BCUT2D eigenvalue weighted by atomic mass is 79.9. The minimum atomic E-state index is 0.0819. The number of benzene rings is 3. The van der Waals surface area contributed by atoms with Crippen molar-refractivity contribution >= 4 is 21.8 Å². The summed E-state index contributed by atoms with van der Waals surface area (Å²) in [6.45, 7) is 7.10. The van der Waals surface area contributed by atoms with Crippen molar-refractivity contribution in [3.05, 3.63) is 94.0 Å². The minimum absolute atomic E-state index is 0.0819. The van der Waals surface area contributed by atoms with Crippen LogP contribution in [0.3, 0.4) is 0 Å². The highest BCUT2D eigenvalue weighted by Gasteiger charge is 2.22. The van der Waals surface area contributed by atoms with Crippen molar-refractivity contribution < 1.29 is 14.3 Å². The van der Waals surface area contributed by atoms with E-state index in [4.69, 9.17) is 9.47 Å². The Morgan fingerprint density at radius 3 is 2.27 bits per heavy atom. The monoisotopic (exact) mass is 508 g/mol. The molecule has 4 rings (SSSR count). The molecule has 3 aromatic rings. The second kappa shape index (κ2) is 11.3. The fraction of sp³-hybridized carbons (Fsp3) is 0.296. The highest BCUT2D eigenvalue weighted by Crippen LogP contribution is 2.21. The van der Waals surface area contributed by atoms with E-state index in [-0.39, 0.29) is 5.91 Å². The second-order valence-corrected chi connectivity index (χ2v) is 8.91. The van der Waals surface area contributed by atoms with E-state index in [0.717, 1.165) is 54.3 Å². The van der Waals surface area contributed by atoms with E-state index in [2.05, 4.69) is 39.0 Å². The van der Waals surface area contributed by atoms with Crippen molar-refractivity contribution in [1.29, 1.82) is 0 Å². The van der Waals surface area contributed by atoms with Gasteiger partial charge >= 0.3 is 0 Å². The van der Waals surface area contributed by atoms with E-state index in [1.807, 2.05) is 66.4 Å². The van der Waals surface area contributed by atoms with E-state index < -0.39 is 0 Å². The SMILES string of the molecule is CCOc1ccc(OCc2cccc(C(=O)N3CCN(Cc4ccccc4Br)CC3)c2)cc1. The van der Waals surface area contributed by atoms with Gasteiger partial charge in [-0.05, 0) is 60.5 Å². The molecule has 0 radical (unpaired) electrons. The molecule has 0 spiro atoms. The van der Waals surface area contributed by atoms with Gasteiger partial charge in [0.1, 0.15) is 18.1 Å². The molecule has 3 aromatic carbocycles. The maximum absolute atomic E-state index is 13.1. The van der Waals surface area contributed by atoms with Crippen LogP contribution in [0.4, 0.5) is 0 Å². The van der Waals surface area contributed by atoms with Gasteiger partial charge in [0.25, 0.3) is 5.91 Å². The van der Waals surface area contributed by atoms with Crippen molar-refractivity contribution in [3.63, 3.8) is 0 Å². The van der Waals surface area contributed by atoms with E-state index in [1.165, 1.54) is 5.56 Å². The topological polar surface area (TPSA) is 42.0 Å². The summed E-state index contributed by atoms with van der Waals surface area (Å²) < 4.78 is 12.5. The largest absolute Gasteiger partial charge is 0.494 e. The lowest BCUT2D eigenvalue weighted by molar-refractivity contribution is 0.0628. The van der Waals surface area contributed by atoms with Crippen LogP contribution in [-0.2, 0) is 13.2 Å². The number of hydrogen-bond acceptors (Lipinski definition) is 4. The molecule has 6 heteroatoms. The zero-order valence-corrected chi connectivity index (χ0v) is 20.5. The molecule has 1 aliphatic rings. The van der Waals surface area contributed by atoms with Crippen LogP contribution in [-0.4, -0.2) is 48.5 Å². The van der Waals surface area contributed by atoms with Gasteiger partial charge in [0, 0.05) is 42.8 Å². The van der Waals surface area contributed by atoms with Gasteiger partial charge in [0.15, 0.2) is 0 Å². The van der Waals surface area contributed by atoms with Gasteiger partial charge in [0.05, 0.1) is 6.61 Å². The van der Waals surface area contributed by atoms with Gasteiger partial charge < -0.3 is 14.4 Å². The van der Waals surface area contributed by atoms with Crippen LogP contribution in [0.5, 0.6) is 11.5 Å². The Labute approximate surface area is 204 Å². The van der Waals surface area contributed by atoms with E-state index in [1.54, 1.807) is 0 Å². The highest BCUT2D eigenvalue weighted by molar-refractivity contribution is 9.10. The fourth-order valence-corrected chi connectivity index (χ4v) is 4.33. The molecule has 0 aliphatic carbocycles. The van der Waals surface area contributed by atoms with Crippen LogP contribution < -0.4 is 9.47 Å². The first-order valence-corrected chi connectivity index (χ1v) is 12.1. The lowest BCUT2D eigenvalue weighted by Crippen LogP contribution is -2.48.